The van der Waals surface area contributed by atoms with Gasteiger partial charge < -0.3 is 5.32 Å². The van der Waals surface area contributed by atoms with E-state index in [1.54, 1.807) is 11.3 Å². The van der Waals surface area contributed by atoms with E-state index >= 15 is 0 Å². The van der Waals surface area contributed by atoms with Crippen molar-refractivity contribution in [2.45, 2.75) is 13.1 Å². The van der Waals surface area contributed by atoms with Gasteiger partial charge in [0.15, 0.2) is 11.5 Å². The molecule has 0 aliphatic rings. The van der Waals surface area contributed by atoms with Crippen LogP contribution in [0.1, 0.15) is 10.7 Å². The van der Waals surface area contributed by atoms with Crippen LogP contribution in [0.25, 0.3) is 5.65 Å². The molecule has 0 aliphatic heterocycles. The van der Waals surface area contributed by atoms with Crippen LogP contribution in [-0.2, 0) is 13.1 Å². The molecule has 86 valence electrons. The highest BCUT2D eigenvalue weighted by Gasteiger charge is 2.03. The second kappa shape index (κ2) is 4.65. The zero-order valence-electron chi connectivity index (χ0n) is 9.21. The van der Waals surface area contributed by atoms with E-state index in [1.807, 2.05) is 28.8 Å². The maximum atomic E-state index is 4.17. The fraction of sp³-hybridized carbons (Fsp3) is 0.167. The normalized spacial score (nSPS) is 11.1. The SMILES string of the molecule is c1csc(CNCc2nnc3ccccn23)c1. The van der Waals surface area contributed by atoms with Crippen LogP contribution in [-0.4, -0.2) is 14.6 Å². The fourth-order valence-corrected chi connectivity index (χ4v) is 2.40. The number of hydrogen-bond donors (Lipinski definition) is 1. The molecule has 0 spiro atoms. The molecule has 4 nitrogen and oxygen atoms in total. The molecule has 0 aromatic carbocycles. The second-order valence-corrected chi connectivity index (χ2v) is 4.76. The molecule has 0 unspecified atom stereocenters. The van der Waals surface area contributed by atoms with Crippen LogP contribution in [0.5, 0.6) is 0 Å². The summed E-state index contributed by atoms with van der Waals surface area (Å²) in [6.07, 6.45) is 1.98. The molecule has 0 atom stereocenters. The van der Waals surface area contributed by atoms with E-state index in [4.69, 9.17) is 0 Å². The summed E-state index contributed by atoms with van der Waals surface area (Å²) >= 11 is 1.76. The minimum atomic E-state index is 0.725. The van der Waals surface area contributed by atoms with Gasteiger partial charge in [0, 0.05) is 17.6 Å². The van der Waals surface area contributed by atoms with Crippen molar-refractivity contribution in [1.82, 2.24) is 19.9 Å². The van der Waals surface area contributed by atoms with Crippen molar-refractivity contribution in [3.8, 4) is 0 Å². The quantitative estimate of drug-likeness (QED) is 0.764. The number of hydrogen-bond acceptors (Lipinski definition) is 4. The molecule has 3 rings (SSSR count). The Morgan fingerprint density at radius 2 is 2.12 bits per heavy atom. The third-order valence-electron chi connectivity index (χ3n) is 2.55. The molecule has 3 heterocycles. The monoisotopic (exact) mass is 244 g/mol. The minimum Gasteiger partial charge on any atom is -0.305 e. The predicted molar refractivity (Wildman–Crippen MR) is 67.8 cm³/mol. The molecule has 0 saturated carbocycles. The van der Waals surface area contributed by atoms with Crippen LogP contribution in [0.4, 0.5) is 0 Å². The summed E-state index contributed by atoms with van der Waals surface area (Å²) in [5.41, 5.74) is 0.889. The van der Waals surface area contributed by atoms with Crippen molar-refractivity contribution in [2.75, 3.05) is 0 Å². The van der Waals surface area contributed by atoms with Gasteiger partial charge in [-0.05, 0) is 23.6 Å². The van der Waals surface area contributed by atoms with Gasteiger partial charge in [0.1, 0.15) is 0 Å². The van der Waals surface area contributed by atoms with Gasteiger partial charge >= 0.3 is 0 Å². The highest BCUT2D eigenvalue weighted by atomic mass is 32.1. The Morgan fingerprint density at radius 1 is 1.12 bits per heavy atom. The third-order valence-corrected chi connectivity index (χ3v) is 3.42. The number of aromatic nitrogens is 3. The topological polar surface area (TPSA) is 42.2 Å². The summed E-state index contributed by atoms with van der Waals surface area (Å²) in [6, 6.07) is 10.1. The molecule has 17 heavy (non-hydrogen) atoms. The van der Waals surface area contributed by atoms with Crippen LogP contribution in [0.2, 0.25) is 0 Å². The first-order valence-electron chi connectivity index (χ1n) is 5.45. The number of rotatable bonds is 4. The first-order valence-corrected chi connectivity index (χ1v) is 6.33. The third kappa shape index (κ3) is 2.20. The molecule has 0 fully saturated rings. The van der Waals surface area contributed by atoms with E-state index in [9.17, 15) is 0 Å². The van der Waals surface area contributed by atoms with Crippen molar-refractivity contribution in [3.05, 3.63) is 52.6 Å². The summed E-state index contributed by atoms with van der Waals surface area (Å²) in [4.78, 5) is 1.33. The Kier molecular flexibility index (Phi) is 2.85. The summed E-state index contributed by atoms with van der Waals surface area (Å²) in [5, 5.41) is 13.7. The molecule has 3 aromatic rings. The maximum absolute atomic E-state index is 4.17. The number of nitrogens with zero attached hydrogens (tertiary/aromatic N) is 3. The van der Waals surface area contributed by atoms with Gasteiger partial charge in [0.25, 0.3) is 0 Å². The van der Waals surface area contributed by atoms with Crippen LogP contribution in [0, 0.1) is 0 Å². The molecule has 0 amide bonds. The summed E-state index contributed by atoms with van der Waals surface area (Å²) < 4.78 is 2.00. The van der Waals surface area contributed by atoms with E-state index < -0.39 is 0 Å². The Balaban J connectivity index is 1.69. The van der Waals surface area contributed by atoms with Crippen molar-refractivity contribution < 1.29 is 0 Å². The zero-order valence-corrected chi connectivity index (χ0v) is 10.0. The van der Waals surface area contributed by atoms with Gasteiger partial charge in [-0.1, -0.05) is 12.1 Å². The molecular weight excluding hydrogens is 232 g/mol. The summed E-state index contributed by atoms with van der Waals surface area (Å²) in [6.45, 7) is 1.60. The van der Waals surface area contributed by atoms with Crippen LogP contribution >= 0.6 is 11.3 Å². The molecule has 1 N–H and O–H groups in total. The van der Waals surface area contributed by atoms with Gasteiger partial charge in [0.2, 0.25) is 0 Å². The second-order valence-electron chi connectivity index (χ2n) is 3.73. The molecule has 0 radical (unpaired) electrons. The first kappa shape index (κ1) is 10.4. The number of pyridine rings is 1. The lowest BCUT2D eigenvalue weighted by atomic mass is 10.4. The summed E-state index contributed by atoms with van der Waals surface area (Å²) in [7, 11) is 0. The summed E-state index contributed by atoms with van der Waals surface area (Å²) in [5.74, 6) is 0.942. The standard InChI is InChI=1S/C12H12N4S/c1-2-6-16-11(5-1)14-15-12(16)9-13-8-10-4-3-7-17-10/h1-7,13H,8-9H2. The number of nitrogens with one attached hydrogen (secondary N) is 1. The van der Waals surface area contributed by atoms with Crippen LogP contribution in [0.15, 0.2) is 41.9 Å². The predicted octanol–water partition coefficient (Wildman–Crippen LogP) is 2.08. The lowest BCUT2D eigenvalue weighted by Crippen LogP contribution is -2.14. The van der Waals surface area contributed by atoms with Crippen molar-refractivity contribution in [1.29, 1.82) is 0 Å². The largest absolute Gasteiger partial charge is 0.305 e. The Hall–Kier alpha value is -1.72. The van der Waals surface area contributed by atoms with Gasteiger partial charge in [-0.3, -0.25) is 4.40 Å². The van der Waals surface area contributed by atoms with Crippen LogP contribution in [0.3, 0.4) is 0 Å². The average molecular weight is 244 g/mol. The van der Waals surface area contributed by atoms with Gasteiger partial charge in [-0.2, -0.15) is 0 Å². The van der Waals surface area contributed by atoms with E-state index in [2.05, 4.69) is 33.0 Å². The van der Waals surface area contributed by atoms with Gasteiger partial charge in [-0.25, -0.2) is 0 Å². The Labute approximate surface area is 103 Å². The molecule has 0 saturated heterocycles. The maximum Gasteiger partial charge on any atom is 0.160 e. The Bertz CT molecular complexity index is 600. The smallest absolute Gasteiger partial charge is 0.160 e. The molecule has 0 bridgehead atoms. The number of fused-ring (bicyclic) bond motifs is 1. The number of thiophene rings is 1. The van der Waals surface area contributed by atoms with E-state index in [0.29, 0.717) is 0 Å². The van der Waals surface area contributed by atoms with E-state index in [1.165, 1.54) is 4.88 Å². The van der Waals surface area contributed by atoms with E-state index in [0.717, 1.165) is 24.6 Å². The van der Waals surface area contributed by atoms with E-state index in [-0.39, 0.29) is 0 Å². The van der Waals surface area contributed by atoms with Gasteiger partial charge in [-0.15, -0.1) is 21.5 Å². The fourth-order valence-electron chi connectivity index (χ4n) is 1.72. The lowest BCUT2D eigenvalue weighted by Gasteiger charge is -2.01. The van der Waals surface area contributed by atoms with Crippen molar-refractivity contribution in [3.63, 3.8) is 0 Å². The minimum absolute atomic E-state index is 0.725. The average Bonchev–Trinajstić information content (AvgIpc) is 2.99. The van der Waals surface area contributed by atoms with Crippen molar-refractivity contribution >= 4 is 17.0 Å². The van der Waals surface area contributed by atoms with Gasteiger partial charge in [0.05, 0.1) is 6.54 Å². The Morgan fingerprint density at radius 3 is 3.00 bits per heavy atom. The zero-order chi connectivity index (χ0) is 11.5. The lowest BCUT2D eigenvalue weighted by molar-refractivity contribution is 0.662. The highest BCUT2D eigenvalue weighted by molar-refractivity contribution is 7.09. The van der Waals surface area contributed by atoms with Crippen LogP contribution < -0.4 is 5.32 Å². The molecular formula is C12H12N4S. The molecule has 3 aromatic heterocycles. The molecule has 5 heteroatoms. The molecule has 0 aliphatic carbocycles. The highest BCUT2D eigenvalue weighted by Crippen LogP contribution is 2.08. The first-order chi connectivity index (χ1) is 8.43. The van der Waals surface area contributed by atoms with Crippen molar-refractivity contribution in [2.24, 2.45) is 0 Å².